The molecule has 0 radical (unpaired) electrons. The number of hydrogen-bond donors (Lipinski definition) is 1. The summed E-state index contributed by atoms with van der Waals surface area (Å²) in [7, 11) is 0. The van der Waals surface area contributed by atoms with E-state index in [1.54, 1.807) is 4.68 Å². The summed E-state index contributed by atoms with van der Waals surface area (Å²) >= 11 is 0. The van der Waals surface area contributed by atoms with Crippen molar-refractivity contribution in [1.29, 1.82) is 0 Å². The molecule has 2 aromatic heterocycles. The number of aromatic carboxylic acids is 1. The van der Waals surface area contributed by atoms with Gasteiger partial charge in [-0.05, 0) is 37.5 Å². The van der Waals surface area contributed by atoms with Crippen molar-refractivity contribution in [1.82, 2.24) is 20.2 Å². The molecule has 5 rings (SSSR count). The summed E-state index contributed by atoms with van der Waals surface area (Å²) in [4.78, 5) is 11.6. The van der Waals surface area contributed by atoms with Crippen molar-refractivity contribution in [3.05, 3.63) is 59.4 Å². The van der Waals surface area contributed by atoms with Gasteiger partial charge in [-0.25, -0.2) is 9.48 Å². The van der Waals surface area contributed by atoms with E-state index in [-0.39, 0.29) is 11.6 Å². The van der Waals surface area contributed by atoms with E-state index in [0.29, 0.717) is 11.5 Å². The standard InChI is InChI=1S/C20H16N4O3/c1-11-9-15-14(19(27-22-15)13-5-3-2-4-6-13)10-16(11)24-18(12-7-8-12)17(20(25)26)21-23-24/h2-6,9-10,12H,7-8H2,1H3,(H,25,26). The minimum atomic E-state index is -1.04. The number of hydrogen-bond acceptors (Lipinski definition) is 5. The maximum atomic E-state index is 11.6. The van der Waals surface area contributed by atoms with Gasteiger partial charge < -0.3 is 9.63 Å². The van der Waals surface area contributed by atoms with Gasteiger partial charge in [0, 0.05) is 11.5 Å². The second kappa shape index (κ2) is 5.77. The highest BCUT2D eigenvalue weighted by Gasteiger charge is 2.34. The van der Waals surface area contributed by atoms with Crippen LogP contribution in [0.5, 0.6) is 0 Å². The number of carboxylic acids is 1. The molecular weight excluding hydrogens is 344 g/mol. The minimum Gasteiger partial charge on any atom is -0.476 e. The van der Waals surface area contributed by atoms with Crippen LogP contribution in [0.1, 0.15) is 40.5 Å². The van der Waals surface area contributed by atoms with Crippen molar-refractivity contribution in [2.75, 3.05) is 0 Å². The fourth-order valence-electron chi connectivity index (χ4n) is 3.45. The average Bonchev–Trinajstić information content (AvgIpc) is 3.27. The Balaban J connectivity index is 1.73. The number of fused-ring (bicyclic) bond motifs is 1. The highest BCUT2D eigenvalue weighted by Crippen LogP contribution is 2.42. The van der Waals surface area contributed by atoms with Crippen LogP contribution in [0.2, 0.25) is 0 Å². The molecule has 7 nitrogen and oxygen atoms in total. The predicted octanol–water partition coefficient (Wildman–Crippen LogP) is 3.96. The van der Waals surface area contributed by atoms with Gasteiger partial charge in [0.25, 0.3) is 0 Å². The monoisotopic (exact) mass is 360 g/mol. The Kier molecular flexibility index (Phi) is 3.36. The quantitative estimate of drug-likeness (QED) is 0.592. The molecule has 134 valence electrons. The van der Waals surface area contributed by atoms with Gasteiger partial charge in [-0.3, -0.25) is 0 Å². The van der Waals surface area contributed by atoms with Crippen molar-refractivity contribution in [3.63, 3.8) is 0 Å². The lowest BCUT2D eigenvalue weighted by atomic mass is 10.1. The molecule has 0 atom stereocenters. The number of aromatic nitrogens is 4. The summed E-state index contributed by atoms with van der Waals surface area (Å²) in [6.45, 7) is 1.95. The number of carboxylic acid groups (broad SMARTS) is 1. The van der Waals surface area contributed by atoms with E-state index in [9.17, 15) is 9.90 Å². The van der Waals surface area contributed by atoms with Gasteiger partial charge in [0.2, 0.25) is 0 Å². The third-order valence-corrected chi connectivity index (χ3v) is 4.93. The lowest BCUT2D eigenvalue weighted by Crippen LogP contribution is -2.07. The zero-order valence-corrected chi connectivity index (χ0v) is 14.6. The first-order valence-corrected chi connectivity index (χ1v) is 8.78. The van der Waals surface area contributed by atoms with Crippen molar-refractivity contribution >= 4 is 16.9 Å². The van der Waals surface area contributed by atoms with Crippen LogP contribution in [0.4, 0.5) is 0 Å². The summed E-state index contributed by atoms with van der Waals surface area (Å²) in [6.07, 6.45) is 1.91. The van der Waals surface area contributed by atoms with E-state index in [1.807, 2.05) is 49.4 Å². The minimum absolute atomic E-state index is 0.0330. The summed E-state index contributed by atoms with van der Waals surface area (Å²) in [6, 6.07) is 13.7. The van der Waals surface area contributed by atoms with Crippen LogP contribution in [0.15, 0.2) is 47.0 Å². The molecule has 0 bridgehead atoms. The average molecular weight is 360 g/mol. The molecule has 1 fully saturated rings. The van der Waals surface area contributed by atoms with Crippen LogP contribution in [0.3, 0.4) is 0 Å². The topological polar surface area (TPSA) is 94.0 Å². The van der Waals surface area contributed by atoms with Crippen LogP contribution in [-0.4, -0.2) is 31.2 Å². The number of carbonyl (C=O) groups is 1. The lowest BCUT2D eigenvalue weighted by Gasteiger charge is -2.09. The van der Waals surface area contributed by atoms with Gasteiger partial charge in [-0.15, -0.1) is 5.10 Å². The Morgan fingerprint density at radius 3 is 2.70 bits per heavy atom. The molecule has 27 heavy (non-hydrogen) atoms. The van der Waals surface area contributed by atoms with E-state index in [0.717, 1.165) is 40.6 Å². The maximum Gasteiger partial charge on any atom is 0.358 e. The summed E-state index contributed by atoms with van der Waals surface area (Å²) in [5, 5.41) is 22.6. The molecule has 2 aromatic carbocycles. The van der Waals surface area contributed by atoms with E-state index in [2.05, 4.69) is 15.5 Å². The van der Waals surface area contributed by atoms with E-state index >= 15 is 0 Å². The number of aryl methyl sites for hydroxylation is 1. The second-order valence-electron chi connectivity index (χ2n) is 6.85. The molecule has 4 aromatic rings. The van der Waals surface area contributed by atoms with Crippen LogP contribution in [-0.2, 0) is 0 Å². The second-order valence-corrected chi connectivity index (χ2v) is 6.85. The smallest absolute Gasteiger partial charge is 0.358 e. The Morgan fingerprint density at radius 1 is 1.22 bits per heavy atom. The van der Waals surface area contributed by atoms with Crippen LogP contribution >= 0.6 is 0 Å². The highest BCUT2D eigenvalue weighted by molar-refractivity contribution is 5.93. The highest BCUT2D eigenvalue weighted by atomic mass is 16.5. The summed E-state index contributed by atoms with van der Waals surface area (Å²) < 4.78 is 7.26. The molecule has 2 heterocycles. The fraction of sp³-hybridized carbons (Fsp3) is 0.200. The van der Waals surface area contributed by atoms with Gasteiger partial charge in [0.1, 0.15) is 5.52 Å². The zero-order valence-electron chi connectivity index (χ0n) is 14.6. The van der Waals surface area contributed by atoms with Crippen molar-refractivity contribution in [2.45, 2.75) is 25.7 Å². The molecule has 0 aliphatic heterocycles. The summed E-state index contributed by atoms with van der Waals surface area (Å²) in [5.41, 5.74) is 4.11. The van der Waals surface area contributed by atoms with E-state index in [1.165, 1.54) is 0 Å². The Bertz CT molecular complexity index is 1170. The molecular formula is C20H16N4O3. The molecule has 7 heteroatoms. The Labute approximate surface area is 154 Å². The zero-order chi connectivity index (χ0) is 18.5. The molecule has 0 saturated heterocycles. The molecule has 1 aliphatic rings. The van der Waals surface area contributed by atoms with Gasteiger partial charge >= 0.3 is 5.97 Å². The molecule has 0 unspecified atom stereocenters. The molecule has 1 N–H and O–H groups in total. The Hall–Kier alpha value is -3.48. The fourth-order valence-corrected chi connectivity index (χ4v) is 3.45. The van der Waals surface area contributed by atoms with Crippen molar-refractivity contribution in [3.8, 4) is 17.0 Å². The molecule has 0 spiro atoms. The number of rotatable bonds is 4. The van der Waals surface area contributed by atoms with Gasteiger partial charge in [-0.1, -0.05) is 40.7 Å². The molecule has 1 saturated carbocycles. The third-order valence-electron chi connectivity index (χ3n) is 4.93. The first-order valence-electron chi connectivity index (χ1n) is 8.78. The number of nitrogens with zero attached hydrogens (tertiary/aromatic N) is 4. The van der Waals surface area contributed by atoms with E-state index < -0.39 is 5.97 Å². The maximum absolute atomic E-state index is 11.6. The van der Waals surface area contributed by atoms with Gasteiger partial charge in [-0.2, -0.15) is 0 Å². The van der Waals surface area contributed by atoms with Crippen molar-refractivity contribution < 1.29 is 14.4 Å². The third kappa shape index (κ3) is 2.51. The van der Waals surface area contributed by atoms with Crippen molar-refractivity contribution in [2.24, 2.45) is 0 Å². The number of benzene rings is 2. The molecule has 0 amide bonds. The predicted molar refractivity (Wildman–Crippen MR) is 98.0 cm³/mol. The Morgan fingerprint density at radius 2 is 2.00 bits per heavy atom. The lowest BCUT2D eigenvalue weighted by molar-refractivity contribution is 0.0689. The first kappa shape index (κ1) is 15.7. The molecule has 1 aliphatic carbocycles. The van der Waals surface area contributed by atoms with Crippen LogP contribution < -0.4 is 0 Å². The van der Waals surface area contributed by atoms with Crippen LogP contribution in [0, 0.1) is 6.92 Å². The van der Waals surface area contributed by atoms with Crippen LogP contribution in [0.25, 0.3) is 27.9 Å². The summed E-state index contributed by atoms with van der Waals surface area (Å²) in [5.74, 6) is -0.174. The normalized spacial score (nSPS) is 14.0. The van der Waals surface area contributed by atoms with Gasteiger partial charge in [0.15, 0.2) is 11.5 Å². The first-order chi connectivity index (χ1) is 13.1. The van der Waals surface area contributed by atoms with E-state index in [4.69, 9.17) is 4.52 Å². The van der Waals surface area contributed by atoms with Gasteiger partial charge in [0.05, 0.1) is 16.8 Å². The largest absolute Gasteiger partial charge is 0.476 e. The SMILES string of the molecule is Cc1cc2noc(-c3ccccc3)c2cc1-n1nnc(C(=O)O)c1C1CC1.